The van der Waals surface area contributed by atoms with Crippen molar-refractivity contribution in [1.82, 2.24) is 14.7 Å². The Kier molecular flexibility index (Phi) is 5.88. The van der Waals surface area contributed by atoms with Crippen LogP contribution in [-0.2, 0) is 0 Å². The molecule has 0 aromatic heterocycles. The Hall–Kier alpha value is -0.190. The van der Waals surface area contributed by atoms with Crippen molar-refractivity contribution in [2.24, 2.45) is 16.7 Å². The van der Waals surface area contributed by atoms with Crippen LogP contribution in [-0.4, -0.2) is 78.8 Å². The van der Waals surface area contributed by atoms with Gasteiger partial charge in [-0.15, -0.1) is 0 Å². The molecule has 0 unspecified atom stereocenters. The molecule has 2 aliphatic heterocycles. The molecular weight excluding hydrogens is 349 g/mol. The molecule has 0 radical (unpaired) electrons. The third kappa shape index (κ3) is 4.75. The number of rotatable bonds is 7. The van der Waals surface area contributed by atoms with Gasteiger partial charge < -0.3 is 4.90 Å². The lowest BCUT2D eigenvalue weighted by molar-refractivity contribution is -0.117. The second-order valence-electron chi connectivity index (χ2n) is 11.8. The molecule has 2 aliphatic carbocycles. The summed E-state index contributed by atoms with van der Waals surface area (Å²) in [5.74, 6) is 0.819. The molecule has 4 fully saturated rings. The van der Waals surface area contributed by atoms with Gasteiger partial charge in [-0.3, -0.25) is 9.80 Å². The zero-order chi connectivity index (χ0) is 20.0. The molecule has 3 nitrogen and oxygen atoms in total. The quantitative estimate of drug-likeness (QED) is 0.634. The molecule has 2 saturated heterocycles. The van der Waals surface area contributed by atoms with Crippen LogP contribution in [0, 0.1) is 16.7 Å². The van der Waals surface area contributed by atoms with Crippen LogP contribution in [0.1, 0.15) is 72.6 Å². The topological polar surface area (TPSA) is 9.72 Å². The van der Waals surface area contributed by atoms with E-state index < -0.39 is 5.67 Å². The van der Waals surface area contributed by atoms with Gasteiger partial charge in [-0.2, -0.15) is 0 Å². The van der Waals surface area contributed by atoms with E-state index in [0.29, 0.717) is 23.4 Å². The predicted molar refractivity (Wildman–Crippen MR) is 115 cm³/mol. The molecule has 2 heterocycles. The standard InChI is InChI=1S/C24H44FN3/c1-20(2)15-22(5-6-22)18-26-9-7-23(8-10-26)16-24(25,17-23)19-27-11-13-28(14-12-27)21(3)4/h20-21H,5-19H2,1-4H3. The van der Waals surface area contributed by atoms with Crippen molar-refractivity contribution in [2.45, 2.75) is 84.4 Å². The molecule has 28 heavy (non-hydrogen) atoms. The molecule has 0 N–H and O–H groups in total. The number of hydrogen-bond acceptors (Lipinski definition) is 3. The highest BCUT2D eigenvalue weighted by Crippen LogP contribution is 2.58. The van der Waals surface area contributed by atoms with Gasteiger partial charge in [-0.1, -0.05) is 13.8 Å². The maximum absolute atomic E-state index is 15.4. The van der Waals surface area contributed by atoms with Crippen LogP contribution >= 0.6 is 0 Å². The molecule has 4 heteroatoms. The lowest BCUT2D eigenvalue weighted by Crippen LogP contribution is -2.60. The fourth-order valence-corrected chi connectivity index (χ4v) is 6.73. The van der Waals surface area contributed by atoms with Gasteiger partial charge in [0, 0.05) is 45.3 Å². The monoisotopic (exact) mass is 393 g/mol. The van der Waals surface area contributed by atoms with Crippen molar-refractivity contribution in [3.05, 3.63) is 0 Å². The van der Waals surface area contributed by atoms with Gasteiger partial charge in [0.25, 0.3) is 0 Å². The molecule has 4 rings (SSSR count). The van der Waals surface area contributed by atoms with E-state index in [2.05, 4.69) is 42.4 Å². The third-order valence-electron chi connectivity index (χ3n) is 8.30. The van der Waals surface area contributed by atoms with E-state index >= 15 is 4.39 Å². The number of hydrogen-bond donors (Lipinski definition) is 0. The molecule has 4 aliphatic rings. The normalized spacial score (nSPS) is 30.1. The average molecular weight is 394 g/mol. The Balaban J connectivity index is 1.19. The van der Waals surface area contributed by atoms with Crippen LogP contribution in [0.25, 0.3) is 0 Å². The van der Waals surface area contributed by atoms with Gasteiger partial charge in [0.05, 0.1) is 0 Å². The average Bonchev–Trinajstić information content (AvgIpc) is 3.34. The summed E-state index contributed by atoms with van der Waals surface area (Å²) in [6.45, 7) is 18.0. The fraction of sp³-hybridized carbons (Fsp3) is 1.00. The highest BCUT2D eigenvalue weighted by Gasteiger charge is 2.56. The second kappa shape index (κ2) is 7.81. The lowest BCUT2D eigenvalue weighted by Gasteiger charge is -2.57. The maximum Gasteiger partial charge on any atom is 0.124 e. The van der Waals surface area contributed by atoms with Crippen molar-refractivity contribution >= 4 is 0 Å². The number of likely N-dealkylation sites (tertiary alicyclic amines) is 1. The summed E-state index contributed by atoms with van der Waals surface area (Å²) in [5.41, 5.74) is 0.0670. The first-order valence-electron chi connectivity index (χ1n) is 12.1. The summed E-state index contributed by atoms with van der Waals surface area (Å²) in [6, 6.07) is 0.619. The number of nitrogens with zero attached hydrogens (tertiary/aromatic N) is 3. The van der Waals surface area contributed by atoms with Crippen LogP contribution in [0.5, 0.6) is 0 Å². The maximum atomic E-state index is 15.4. The van der Waals surface area contributed by atoms with Gasteiger partial charge >= 0.3 is 0 Å². The Morgan fingerprint density at radius 2 is 1.32 bits per heavy atom. The first-order chi connectivity index (χ1) is 13.2. The number of halogens is 1. The van der Waals surface area contributed by atoms with E-state index in [1.807, 2.05) is 0 Å². The summed E-state index contributed by atoms with van der Waals surface area (Å²) >= 11 is 0. The van der Waals surface area contributed by atoms with Gasteiger partial charge in [-0.05, 0) is 88.6 Å². The van der Waals surface area contributed by atoms with E-state index in [0.717, 1.165) is 44.9 Å². The van der Waals surface area contributed by atoms with Crippen molar-refractivity contribution in [1.29, 1.82) is 0 Å². The summed E-state index contributed by atoms with van der Waals surface area (Å²) in [7, 11) is 0. The minimum absolute atomic E-state index is 0.333. The summed E-state index contributed by atoms with van der Waals surface area (Å²) < 4.78 is 15.4. The Bertz CT molecular complexity index is 518. The SMILES string of the molecule is CC(C)CC1(CN2CCC3(CC2)CC(F)(CN2CCN(C(C)C)CC2)C3)CC1. The van der Waals surface area contributed by atoms with Crippen LogP contribution in [0.2, 0.25) is 0 Å². The first-order valence-corrected chi connectivity index (χ1v) is 12.1. The number of piperazine rings is 1. The molecule has 0 amide bonds. The van der Waals surface area contributed by atoms with E-state index in [1.54, 1.807) is 0 Å². The molecule has 1 spiro atoms. The van der Waals surface area contributed by atoms with Gasteiger partial charge in [0.1, 0.15) is 5.67 Å². The van der Waals surface area contributed by atoms with Crippen molar-refractivity contribution in [3.8, 4) is 0 Å². The van der Waals surface area contributed by atoms with E-state index in [4.69, 9.17) is 0 Å². The van der Waals surface area contributed by atoms with Crippen LogP contribution < -0.4 is 0 Å². The molecule has 162 valence electrons. The van der Waals surface area contributed by atoms with Crippen molar-refractivity contribution in [2.75, 3.05) is 52.4 Å². The Morgan fingerprint density at radius 3 is 1.82 bits per heavy atom. The number of piperidine rings is 1. The Morgan fingerprint density at radius 1 is 0.750 bits per heavy atom. The smallest absolute Gasteiger partial charge is 0.124 e. The first kappa shape index (κ1) is 21.1. The molecule has 0 bridgehead atoms. The minimum atomic E-state index is -0.905. The van der Waals surface area contributed by atoms with Crippen molar-refractivity contribution < 1.29 is 4.39 Å². The summed E-state index contributed by atoms with van der Waals surface area (Å²) in [5, 5.41) is 0. The summed E-state index contributed by atoms with van der Waals surface area (Å²) in [6.07, 6.45) is 8.39. The largest absolute Gasteiger partial charge is 0.303 e. The van der Waals surface area contributed by atoms with Gasteiger partial charge in [0.15, 0.2) is 0 Å². The van der Waals surface area contributed by atoms with Crippen molar-refractivity contribution in [3.63, 3.8) is 0 Å². The van der Waals surface area contributed by atoms with E-state index in [9.17, 15) is 0 Å². The zero-order valence-electron chi connectivity index (χ0n) is 19.0. The van der Waals surface area contributed by atoms with Crippen LogP contribution in [0.15, 0.2) is 0 Å². The molecular formula is C24H44FN3. The highest BCUT2D eigenvalue weighted by atomic mass is 19.1. The van der Waals surface area contributed by atoms with Gasteiger partial charge in [0.2, 0.25) is 0 Å². The van der Waals surface area contributed by atoms with E-state index in [1.165, 1.54) is 51.7 Å². The number of alkyl halides is 1. The second-order valence-corrected chi connectivity index (χ2v) is 11.8. The molecule has 0 aromatic rings. The van der Waals surface area contributed by atoms with Crippen LogP contribution in [0.4, 0.5) is 4.39 Å². The van der Waals surface area contributed by atoms with Crippen LogP contribution in [0.3, 0.4) is 0 Å². The molecule has 2 saturated carbocycles. The predicted octanol–water partition coefficient (Wildman–Crippen LogP) is 4.42. The molecule has 0 aromatic carbocycles. The third-order valence-corrected chi connectivity index (χ3v) is 8.30. The lowest BCUT2D eigenvalue weighted by atomic mass is 9.55. The highest BCUT2D eigenvalue weighted by molar-refractivity contribution is 5.08. The summed E-state index contributed by atoms with van der Waals surface area (Å²) in [4.78, 5) is 7.62. The molecule has 0 atom stereocenters. The minimum Gasteiger partial charge on any atom is -0.303 e. The van der Waals surface area contributed by atoms with E-state index in [-0.39, 0.29) is 0 Å². The fourth-order valence-electron chi connectivity index (χ4n) is 6.73. The Labute approximate surface area is 173 Å². The van der Waals surface area contributed by atoms with Gasteiger partial charge in [-0.25, -0.2) is 4.39 Å². The zero-order valence-corrected chi connectivity index (χ0v) is 19.0.